The predicted molar refractivity (Wildman–Crippen MR) is 159 cm³/mol. The van der Waals surface area contributed by atoms with Gasteiger partial charge in [0, 0.05) is 23.4 Å². The maximum atomic E-state index is 13.4. The van der Waals surface area contributed by atoms with Crippen LogP contribution in [0.15, 0.2) is 82.0 Å². The van der Waals surface area contributed by atoms with E-state index in [9.17, 15) is 14.4 Å². The molecule has 3 aromatic carbocycles. The number of rotatable bonds is 8. The highest BCUT2D eigenvalue weighted by molar-refractivity contribution is 5.86. The molecule has 0 fully saturated rings. The van der Waals surface area contributed by atoms with E-state index in [1.165, 1.54) is 0 Å². The molecule has 1 atom stereocenters. The van der Waals surface area contributed by atoms with Crippen molar-refractivity contribution in [3.05, 3.63) is 105 Å². The summed E-state index contributed by atoms with van der Waals surface area (Å²) in [6, 6.07) is 21.2. The maximum Gasteiger partial charge on any atom is 0.408 e. The van der Waals surface area contributed by atoms with Crippen molar-refractivity contribution < 1.29 is 28.2 Å². The third-order valence-electron chi connectivity index (χ3n) is 7.00. The van der Waals surface area contributed by atoms with Crippen LogP contribution in [0.1, 0.15) is 55.9 Å². The quantitative estimate of drug-likeness (QED) is 0.151. The molecule has 42 heavy (non-hydrogen) atoms. The van der Waals surface area contributed by atoms with Gasteiger partial charge in [0.05, 0.1) is 0 Å². The zero-order valence-corrected chi connectivity index (χ0v) is 24.1. The summed E-state index contributed by atoms with van der Waals surface area (Å²) in [6.07, 6.45) is 2.93. The molecule has 1 aromatic heterocycles. The summed E-state index contributed by atoms with van der Waals surface area (Å²) < 4.78 is 22.5. The molecule has 0 unspecified atom stereocenters. The summed E-state index contributed by atoms with van der Waals surface area (Å²) in [6.45, 7) is 5.67. The van der Waals surface area contributed by atoms with Crippen LogP contribution in [0.3, 0.4) is 0 Å². The van der Waals surface area contributed by atoms with Gasteiger partial charge in [0.15, 0.2) is 0 Å². The van der Waals surface area contributed by atoms with E-state index in [1.54, 1.807) is 32.9 Å². The van der Waals surface area contributed by atoms with E-state index >= 15 is 0 Å². The Bertz CT molecular complexity index is 1620. The first-order chi connectivity index (χ1) is 20.1. The highest BCUT2D eigenvalue weighted by Crippen LogP contribution is 2.29. The van der Waals surface area contributed by atoms with Gasteiger partial charge in [-0.25, -0.2) is 14.4 Å². The van der Waals surface area contributed by atoms with Crippen LogP contribution in [0.5, 0.6) is 11.5 Å². The minimum Gasteiger partial charge on any atom is -0.489 e. The number of ether oxygens (including phenoxy) is 3. The third-order valence-corrected chi connectivity index (χ3v) is 7.00. The van der Waals surface area contributed by atoms with Gasteiger partial charge in [-0.3, -0.25) is 0 Å². The lowest BCUT2D eigenvalue weighted by Crippen LogP contribution is -2.46. The van der Waals surface area contributed by atoms with Gasteiger partial charge >= 0.3 is 17.7 Å². The van der Waals surface area contributed by atoms with Crippen molar-refractivity contribution in [1.82, 2.24) is 5.32 Å². The Morgan fingerprint density at radius 2 is 1.57 bits per heavy atom. The maximum absolute atomic E-state index is 13.4. The smallest absolute Gasteiger partial charge is 0.408 e. The van der Waals surface area contributed by atoms with E-state index < -0.39 is 23.7 Å². The summed E-state index contributed by atoms with van der Waals surface area (Å²) in [5, 5.41) is 3.50. The normalized spacial score (nSPS) is 13.6. The van der Waals surface area contributed by atoms with Crippen LogP contribution in [0.25, 0.3) is 11.0 Å². The largest absolute Gasteiger partial charge is 0.489 e. The fourth-order valence-electron chi connectivity index (χ4n) is 5.02. The molecule has 0 spiro atoms. The number of hydrogen-bond acceptors (Lipinski definition) is 7. The van der Waals surface area contributed by atoms with Gasteiger partial charge < -0.3 is 23.9 Å². The first kappa shape index (κ1) is 28.9. The molecular formula is C34H35NO7. The Labute approximate surface area is 244 Å². The van der Waals surface area contributed by atoms with Crippen molar-refractivity contribution >= 4 is 23.0 Å². The van der Waals surface area contributed by atoms with Gasteiger partial charge in [0.2, 0.25) is 0 Å². The van der Waals surface area contributed by atoms with Crippen molar-refractivity contribution in [3.63, 3.8) is 0 Å². The van der Waals surface area contributed by atoms with Crippen molar-refractivity contribution in [2.75, 3.05) is 0 Å². The van der Waals surface area contributed by atoms with Crippen LogP contribution < -0.4 is 20.4 Å². The summed E-state index contributed by atoms with van der Waals surface area (Å²) in [5.74, 6) is 0.221. The molecular weight excluding hydrogens is 534 g/mol. The topological polar surface area (TPSA) is 104 Å². The molecule has 0 bridgehead atoms. The Kier molecular flexibility index (Phi) is 8.61. The van der Waals surface area contributed by atoms with Gasteiger partial charge in [-0.05, 0) is 87.4 Å². The number of nitrogens with one attached hydrogen (secondary N) is 1. The molecule has 0 saturated heterocycles. The van der Waals surface area contributed by atoms with E-state index in [1.807, 2.05) is 60.7 Å². The molecule has 0 aliphatic heterocycles. The van der Waals surface area contributed by atoms with Crippen LogP contribution in [0.4, 0.5) is 4.79 Å². The SMILES string of the molecule is CC(C)(C)OC(=O)N[C@H](Cc1ccc(OCc2ccccc2)cc1)C(=O)Oc1ccc2c3c(c(=O)oc2c1)CCCC3. The van der Waals surface area contributed by atoms with Crippen molar-refractivity contribution in [3.8, 4) is 11.5 Å². The molecule has 1 aliphatic rings. The highest BCUT2D eigenvalue weighted by atomic mass is 16.6. The second-order valence-corrected chi connectivity index (χ2v) is 11.5. The molecule has 8 heteroatoms. The number of amides is 1. The van der Waals surface area contributed by atoms with Crippen LogP contribution in [0.2, 0.25) is 0 Å². The fraction of sp³-hybridized carbons (Fsp3) is 0.324. The summed E-state index contributed by atoms with van der Waals surface area (Å²) in [4.78, 5) is 38.5. The second kappa shape index (κ2) is 12.5. The van der Waals surface area contributed by atoms with Gasteiger partial charge in [-0.15, -0.1) is 0 Å². The van der Waals surface area contributed by atoms with Crippen LogP contribution in [-0.2, 0) is 35.4 Å². The lowest BCUT2D eigenvalue weighted by molar-refractivity contribution is -0.136. The minimum atomic E-state index is -1.04. The molecule has 4 aromatic rings. The molecule has 1 heterocycles. The lowest BCUT2D eigenvalue weighted by atomic mass is 9.91. The van der Waals surface area contributed by atoms with E-state index in [4.69, 9.17) is 18.6 Å². The number of carbonyl (C=O) groups is 2. The highest BCUT2D eigenvalue weighted by Gasteiger charge is 2.27. The number of benzene rings is 3. The molecule has 8 nitrogen and oxygen atoms in total. The molecule has 1 amide bonds. The van der Waals surface area contributed by atoms with Gasteiger partial charge in [0.1, 0.15) is 35.3 Å². The van der Waals surface area contributed by atoms with Gasteiger partial charge in [-0.1, -0.05) is 42.5 Å². The van der Waals surface area contributed by atoms with Crippen LogP contribution in [0, 0.1) is 0 Å². The second-order valence-electron chi connectivity index (χ2n) is 11.5. The van der Waals surface area contributed by atoms with Gasteiger partial charge in [-0.2, -0.15) is 0 Å². The van der Waals surface area contributed by atoms with E-state index in [0.29, 0.717) is 24.4 Å². The van der Waals surface area contributed by atoms with E-state index in [2.05, 4.69) is 5.32 Å². The van der Waals surface area contributed by atoms with Gasteiger partial charge in [0.25, 0.3) is 0 Å². The predicted octanol–water partition coefficient (Wildman–Crippen LogP) is 6.29. The summed E-state index contributed by atoms with van der Waals surface area (Å²) in [7, 11) is 0. The molecule has 0 radical (unpaired) electrons. The Hall–Kier alpha value is -4.59. The molecule has 0 saturated carbocycles. The molecule has 1 aliphatic carbocycles. The van der Waals surface area contributed by atoms with Crippen LogP contribution >= 0.6 is 0 Å². The first-order valence-corrected chi connectivity index (χ1v) is 14.2. The Morgan fingerprint density at radius 3 is 2.29 bits per heavy atom. The van der Waals surface area contributed by atoms with E-state index in [-0.39, 0.29) is 17.8 Å². The molecule has 5 rings (SSSR count). The molecule has 218 valence electrons. The molecule has 1 N–H and O–H groups in total. The zero-order valence-electron chi connectivity index (χ0n) is 24.1. The standard InChI is InChI=1S/C34H35NO7/c1-34(2,3)42-33(38)35-29(19-22-13-15-24(16-14-22)39-21-23-9-5-4-6-10-23)32(37)40-25-17-18-27-26-11-7-8-12-28(26)31(36)41-30(27)20-25/h4-6,9-10,13-18,20,29H,7-8,11-12,19,21H2,1-3H3,(H,35,38)/t29-/m1/s1. The third kappa shape index (κ3) is 7.37. The summed E-state index contributed by atoms with van der Waals surface area (Å²) >= 11 is 0. The summed E-state index contributed by atoms with van der Waals surface area (Å²) in [5.41, 5.74) is 2.86. The van der Waals surface area contributed by atoms with Crippen molar-refractivity contribution in [1.29, 1.82) is 0 Å². The monoisotopic (exact) mass is 569 g/mol. The van der Waals surface area contributed by atoms with Crippen molar-refractivity contribution in [2.24, 2.45) is 0 Å². The number of carbonyl (C=O) groups excluding carboxylic acids is 2. The van der Waals surface area contributed by atoms with E-state index in [0.717, 1.165) is 46.9 Å². The Morgan fingerprint density at radius 1 is 0.881 bits per heavy atom. The fourth-order valence-corrected chi connectivity index (χ4v) is 5.02. The van der Waals surface area contributed by atoms with Crippen LogP contribution in [-0.4, -0.2) is 23.7 Å². The average Bonchev–Trinajstić information content (AvgIpc) is 2.96. The average molecular weight is 570 g/mol. The Balaban J connectivity index is 1.31. The number of hydrogen-bond donors (Lipinski definition) is 1. The number of esters is 1. The lowest BCUT2D eigenvalue weighted by Gasteiger charge is -2.23. The first-order valence-electron chi connectivity index (χ1n) is 14.2. The number of aryl methyl sites for hydroxylation is 1. The van der Waals surface area contributed by atoms with Crippen molar-refractivity contribution in [2.45, 2.75) is 71.1 Å². The minimum absolute atomic E-state index is 0.160. The number of alkyl carbamates (subject to hydrolysis) is 1. The zero-order chi connectivity index (χ0) is 29.7. The number of fused-ring (bicyclic) bond motifs is 3.